The maximum atomic E-state index is 11.8. The predicted molar refractivity (Wildman–Crippen MR) is 80.2 cm³/mol. The highest BCUT2D eigenvalue weighted by atomic mass is 16.5. The monoisotopic (exact) mass is 293 g/mol. The van der Waals surface area contributed by atoms with Gasteiger partial charge in [-0.1, -0.05) is 17.7 Å². The molecule has 0 aliphatic heterocycles. The van der Waals surface area contributed by atoms with Gasteiger partial charge in [-0.2, -0.15) is 0 Å². The van der Waals surface area contributed by atoms with E-state index < -0.39 is 0 Å². The Labute approximate surface area is 125 Å². The highest BCUT2D eigenvalue weighted by Gasteiger charge is 2.13. The molecule has 21 heavy (non-hydrogen) atoms. The van der Waals surface area contributed by atoms with Crippen LogP contribution in [-0.4, -0.2) is 43.6 Å². The minimum absolute atomic E-state index is 0.00844. The first-order chi connectivity index (χ1) is 10.0. The average molecular weight is 293 g/mol. The molecule has 5 nitrogen and oxygen atoms in total. The molecule has 0 atom stereocenters. The Kier molecular flexibility index (Phi) is 7.29. The van der Waals surface area contributed by atoms with Crippen LogP contribution in [0.15, 0.2) is 24.3 Å². The molecule has 1 rings (SSSR count). The summed E-state index contributed by atoms with van der Waals surface area (Å²) in [6.07, 6.45) is 0.960. The number of nitrogens with zero attached hydrogens (tertiary/aromatic N) is 1. The summed E-state index contributed by atoms with van der Waals surface area (Å²) in [6.45, 7) is 4.54. The lowest BCUT2D eigenvalue weighted by Crippen LogP contribution is -2.33. The fraction of sp³-hybridized carbons (Fsp3) is 0.500. The van der Waals surface area contributed by atoms with Gasteiger partial charge >= 0.3 is 5.97 Å². The van der Waals surface area contributed by atoms with Crippen molar-refractivity contribution in [1.29, 1.82) is 0 Å². The zero-order valence-electron chi connectivity index (χ0n) is 12.9. The SMILES string of the molecule is CCOC(=O)CN(C)C(=O)CCCOc1ccc(C)cc1. The molecule has 0 unspecified atom stereocenters. The van der Waals surface area contributed by atoms with Gasteiger partial charge in [0.05, 0.1) is 13.2 Å². The molecule has 0 spiro atoms. The van der Waals surface area contributed by atoms with Crippen molar-refractivity contribution in [3.05, 3.63) is 29.8 Å². The van der Waals surface area contributed by atoms with Crippen molar-refractivity contribution in [3.63, 3.8) is 0 Å². The summed E-state index contributed by atoms with van der Waals surface area (Å²) in [7, 11) is 1.60. The Morgan fingerprint density at radius 2 is 1.86 bits per heavy atom. The van der Waals surface area contributed by atoms with Crippen LogP contribution < -0.4 is 4.74 Å². The van der Waals surface area contributed by atoms with Crippen LogP contribution in [0.1, 0.15) is 25.3 Å². The molecule has 0 N–H and O–H groups in total. The molecule has 5 heteroatoms. The Hall–Kier alpha value is -2.04. The number of carbonyl (C=O) groups excluding carboxylic acids is 2. The number of carbonyl (C=O) groups is 2. The Morgan fingerprint density at radius 1 is 1.19 bits per heavy atom. The van der Waals surface area contributed by atoms with E-state index in [0.717, 1.165) is 5.75 Å². The Balaban J connectivity index is 2.20. The van der Waals surface area contributed by atoms with E-state index in [9.17, 15) is 9.59 Å². The zero-order valence-corrected chi connectivity index (χ0v) is 12.9. The standard InChI is InChI=1S/C16H23NO4/c1-4-20-16(19)12-17(3)15(18)6-5-11-21-14-9-7-13(2)8-10-14/h7-10H,4-6,11-12H2,1-3H3. The van der Waals surface area contributed by atoms with Gasteiger partial charge in [0.25, 0.3) is 0 Å². The number of likely N-dealkylation sites (N-methyl/N-ethyl adjacent to an activating group) is 1. The number of esters is 1. The first-order valence-corrected chi connectivity index (χ1v) is 7.12. The van der Waals surface area contributed by atoms with Crippen molar-refractivity contribution in [2.75, 3.05) is 26.8 Å². The molecule has 0 aliphatic rings. The summed E-state index contributed by atoms with van der Waals surface area (Å²) in [6, 6.07) is 7.77. The largest absolute Gasteiger partial charge is 0.494 e. The summed E-state index contributed by atoms with van der Waals surface area (Å²) in [5.41, 5.74) is 1.18. The van der Waals surface area contributed by atoms with Crippen LogP contribution in [0.25, 0.3) is 0 Å². The third kappa shape index (κ3) is 6.79. The summed E-state index contributed by atoms with van der Waals surface area (Å²) >= 11 is 0. The second-order valence-electron chi connectivity index (χ2n) is 4.82. The van der Waals surface area contributed by atoms with E-state index in [1.54, 1.807) is 14.0 Å². The molecule has 1 amide bonds. The highest BCUT2D eigenvalue weighted by Crippen LogP contribution is 2.11. The number of rotatable bonds is 8. The van der Waals surface area contributed by atoms with E-state index in [2.05, 4.69) is 0 Å². The van der Waals surface area contributed by atoms with Crippen molar-refractivity contribution in [3.8, 4) is 5.75 Å². The first kappa shape index (κ1) is 17.0. The molecule has 0 saturated carbocycles. The van der Waals surface area contributed by atoms with Crippen molar-refractivity contribution in [2.24, 2.45) is 0 Å². The second-order valence-corrected chi connectivity index (χ2v) is 4.82. The predicted octanol–water partition coefficient (Wildman–Crippen LogP) is 2.18. The van der Waals surface area contributed by atoms with Crippen LogP contribution >= 0.6 is 0 Å². The molecular weight excluding hydrogens is 270 g/mol. The van der Waals surface area contributed by atoms with E-state index in [1.165, 1.54) is 10.5 Å². The van der Waals surface area contributed by atoms with Crippen molar-refractivity contribution < 1.29 is 19.1 Å². The molecule has 0 heterocycles. The minimum atomic E-state index is -0.385. The van der Waals surface area contributed by atoms with Crippen molar-refractivity contribution >= 4 is 11.9 Å². The first-order valence-electron chi connectivity index (χ1n) is 7.12. The Bertz CT molecular complexity index is 456. The van der Waals surface area contributed by atoms with Gasteiger partial charge in [-0.25, -0.2) is 0 Å². The van der Waals surface area contributed by atoms with Gasteiger partial charge in [0.15, 0.2) is 0 Å². The normalized spacial score (nSPS) is 10.0. The summed E-state index contributed by atoms with van der Waals surface area (Å²) < 4.78 is 10.3. The van der Waals surface area contributed by atoms with Crippen LogP contribution in [0, 0.1) is 6.92 Å². The van der Waals surface area contributed by atoms with Crippen LogP contribution in [-0.2, 0) is 14.3 Å². The van der Waals surface area contributed by atoms with Gasteiger partial charge in [0.1, 0.15) is 12.3 Å². The molecule has 0 aromatic heterocycles. The van der Waals surface area contributed by atoms with Crippen LogP contribution in [0.4, 0.5) is 0 Å². The minimum Gasteiger partial charge on any atom is -0.494 e. The summed E-state index contributed by atoms with van der Waals surface area (Å²) in [5, 5.41) is 0. The average Bonchev–Trinajstić information content (AvgIpc) is 2.45. The summed E-state index contributed by atoms with van der Waals surface area (Å²) in [5.74, 6) is 0.327. The number of amides is 1. The lowest BCUT2D eigenvalue weighted by molar-refractivity contribution is -0.148. The molecule has 0 fully saturated rings. The molecule has 1 aromatic rings. The number of ether oxygens (including phenoxy) is 2. The van der Waals surface area contributed by atoms with E-state index in [4.69, 9.17) is 9.47 Å². The van der Waals surface area contributed by atoms with E-state index in [1.807, 2.05) is 31.2 Å². The van der Waals surface area contributed by atoms with E-state index >= 15 is 0 Å². The molecule has 0 saturated heterocycles. The Morgan fingerprint density at radius 3 is 2.48 bits per heavy atom. The zero-order chi connectivity index (χ0) is 15.7. The fourth-order valence-corrected chi connectivity index (χ4v) is 1.73. The van der Waals surface area contributed by atoms with Gasteiger partial charge < -0.3 is 14.4 Å². The molecular formula is C16H23NO4. The third-order valence-corrected chi connectivity index (χ3v) is 2.92. The van der Waals surface area contributed by atoms with Crippen molar-refractivity contribution in [2.45, 2.75) is 26.7 Å². The van der Waals surface area contributed by atoms with Crippen LogP contribution in [0.5, 0.6) is 5.75 Å². The van der Waals surface area contributed by atoms with Gasteiger partial charge in [0.2, 0.25) is 5.91 Å². The second kappa shape index (κ2) is 9.00. The lowest BCUT2D eigenvalue weighted by Gasteiger charge is -2.16. The molecule has 116 valence electrons. The topological polar surface area (TPSA) is 55.8 Å². The van der Waals surface area contributed by atoms with Crippen molar-refractivity contribution in [1.82, 2.24) is 4.90 Å². The molecule has 0 radical (unpaired) electrons. The van der Waals surface area contributed by atoms with E-state index in [-0.39, 0.29) is 18.4 Å². The molecule has 1 aromatic carbocycles. The quantitative estimate of drug-likeness (QED) is 0.544. The van der Waals surface area contributed by atoms with Gasteiger partial charge in [-0.3, -0.25) is 9.59 Å². The smallest absolute Gasteiger partial charge is 0.325 e. The van der Waals surface area contributed by atoms with Gasteiger partial charge in [-0.15, -0.1) is 0 Å². The van der Waals surface area contributed by atoms with Gasteiger partial charge in [0, 0.05) is 13.5 Å². The number of benzene rings is 1. The highest BCUT2D eigenvalue weighted by molar-refractivity contribution is 5.81. The third-order valence-electron chi connectivity index (χ3n) is 2.92. The van der Waals surface area contributed by atoms with E-state index in [0.29, 0.717) is 26.1 Å². The van der Waals surface area contributed by atoms with Gasteiger partial charge in [-0.05, 0) is 32.4 Å². The fourth-order valence-electron chi connectivity index (χ4n) is 1.73. The number of hydrogen-bond acceptors (Lipinski definition) is 4. The molecule has 0 aliphatic carbocycles. The number of hydrogen-bond donors (Lipinski definition) is 0. The number of aryl methyl sites for hydroxylation is 1. The van der Waals surface area contributed by atoms with Crippen LogP contribution in [0.2, 0.25) is 0 Å². The lowest BCUT2D eigenvalue weighted by atomic mass is 10.2. The summed E-state index contributed by atoms with van der Waals surface area (Å²) in [4.78, 5) is 24.4. The van der Waals surface area contributed by atoms with Crippen LogP contribution in [0.3, 0.4) is 0 Å². The molecule has 0 bridgehead atoms. The maximum Gasteiger partial charge on any atom is 0.325 e. The maximum absolute atomic E-state index is 11.8.